The number of rotatable bonds is 52. The van der Waals surface area contributed by atoms with E-state index in [1.807, 2.05) is 0 Å². The molecule has 0 fully saturated rings. The summed E-state index contributed by atoms with van der Waals surface area (Å²) in [5, 5.41) is 3.19. The van der Waals surface area contributed by atoms with E-state index < -0.39 is 5.54 Å². The van der Waals surface area contributed by atoms with Gasteiger partial charge in [-0.1, -0.05) is 169 Å². The molecule has 0 aromatic rings. The number of nitrogens with one attached hydrogen (secondary N) is 1. The topological polar surface area (TPSA) is 132 Å². The maximum atomic E-state index is 14.9. The molecule has 0 atom stereocenters. The number of nitrogens with zero attached hydrogens (tertiary/aromatic N) is 2. The van der Waals surface area contributed by atoms with Crippen molar-refractivity contribution in [1.29, 1.82) is 0 Å². The Kier molecular flexibility index (Phi) is 50.9. The standard InChI is InChI=1S/C65H117N3O8/c1-8-15-20-24-28-30-34-42-57-74-61(70)50-44-52-65(64(73)66-54-19-12-5,53-45-51-62(71)75-58-43-35-31-29-25-21-16-9-2)68(56-41-40-55-67(13-6)14-7)60(69)48-38-39-49-63(72)76-59(46-36-32-26-22-17-10-3)47-37-33-27-23-18-11-4/h59H,8-29,32-33,36-58H2,1-7H3,(H,66,73). The number of esters is 3. The van der Waals surface area contributed by atoms with Gasteiger partial charge in [-0.05, 0) is 116 Å². The minimum absolute atomic E-state index is 0.0720. The highest BCUT2D eigenvalue weighted by molar-refractivity contribution is 5.91. The largest absolute Gasteiger partial charge is 0.465 e. The first-order valence-electron chi connectivity index (χ1n) is 31.8. The minimum Gasteiger partial charge on any atom is -0.465 e. The zero-order chi connectivity index (χ0) is 56.0. The van der Waals surface area contributed by atoms with Crippen LogP contribution in [0.2, 0.25) is 0 Å². The van der Waals surface area contributed by atoms with Crippen LogP contribution in [0, 0.1) is 23.7 Å². The molecule has 2 amide bonds. The summed E-state index contributed by atoms with van der Waals surface area (Å²) in [6.45, 7) is 19.1. The second-order valence-corrected chi connectivity index (χ2v) is 21.3. The molecule has 0 unspecified atom stereocenters. The molecule has 76 heavy (non-hydrogen) atoms. The van der Waals surface area contributed by atoms with Gasteiger partial charge in [0, 0.05) is 64.5 Å². The summed E-state index contributed by atoms with van der Waals surface area (Å²) in [7, 11) is 0. The lowest BCUT2D eigenvalue weighted by molar-refractivity contribution is -0.152. The van der Waals surface area contributed by atoms with E-state index in [9.17, 15) is 24.0 Å². The van der Waals surface area contributed by atoms with Gasteiger partial charge in [0.1, 0.15) is 24.9 Å². The second-order valence-electron chi connectivity index (χ2n) is 21.3. The molecule has 0 rings (SSSR count). The highest BCUT2D eigenvalue weighted by atomic mass is 16.5. The molecule has 0 aliphatic carbocycles. The van der Waals surface area contributed by atoms with E-state index >= 15 is 0 Å². The molecule has 0 saturated heterocycles. The van der Waals surface area contributed by atoms with Crippen molar-refractivity contribution in [3.8, 4) is 23.7 Å². The molecule has 0 aromatic heterocycles. The van der Waals surface area contributed by atoms with Crippen molar-refractivity contribution in [3.05, 3.63) is 0 Å². The Morgan fingerprint density at radius 1 is 0.434 bits per heavy atom. The molecular formula is C65H117N3O8. The highest BCUT2D eigenvalue weighted by Gasteiger charge is 2.45. The number of hydrogen-bond donors (Lipinski definition) is 1. The Hall–Kier alpha value is -3.57. The van der Waals surface area contributed by atoms with Crippen molar-refractivity contribution >= 4 is 29.7 Å². The Labute approximate surface area is 467 Å². The van der Waals surface area contributed by atoms with Crippen molar-refractivity contribution in [3.63, 3.8) is 0 Å². The molecular weight excluding hydrogens is 951 g/mol. The molecule has 1 N–H and O–H groups in total. The van der Waals surface area contributed by atoms with Crippen LogP contribution in [0.3, 0.4) is 0 Å². The van der Waals surface area contributed by atoms with Crippen LogP contribution in [-0.2, 0) is 38.2 Å². The van der Waals surface area contributed by atoms with Gasteiger partial charge >= 0.3 is 17.9 Å². The van der Waals surface area contributed by atoms with Crippen molar-refractivity contribution in [2.45, 2.75) is 317 Å². The molecule has 0 radical (unpaired) electrons. The summed E-state index contributed by atoms with van der Waals surface area (Å²) in [5.74, 6) is 11.3. The quantitative estimate of drug-likeness (QED) is 0.0274. The molecule has 440 valence electrons. The van der Waals surface area contributed by atoms with Crippen LogP contribution in [0.1, 0.15) is 305 Å². The van der Waals surface area contributed by atoms with Gasteiger partial charge in [-0.2, -0.15) is 0 Å². The number of unbranched alkanes of at least 4 members (excludes halogenated alkanes) is 21. The lowest BCUT2D eigenvalue weighted by Crippen LogP contribution is -2.61. The smallest absolute Gasteiger partial charge is 0.306 e. The van der Waals surface area contributed by atoms with Crippen LogP contribution in [0.5, 0.6) is 0 Å². The Morgan fingerprint density at radius 3 is 1.34 bits per heavy atom. The number of ether oxygens (including phenoxy) is 3. The highest BCUT2D eigenvalue weighted by Crippen LogP contribution is 2.32. The molecule has 0 aromatic carbocycles. The molecule has 0 bridgehead atoms. The van der Waals surface area contributed by atoms with Crippen molar-refractivity contribution in [2.24, 2.45) is 0 Å². The fourth-order valence-electron chi connectivity index (χ4n) is 9.76. The molecule has 0 spiro atoms. The SMILES string of the molecule is CCCCCCC#CCCOC(=O)CCCC(CCCC(=O)OCCC#CCCCCCC)(C(=O)NCCCC)N(CCCCN(CC)CC)C(=O)CCCCC(=O)OC(CCCCCCCC)CCCCCCCC. The van der Waals surface area contributed by atoms with Crippen molar-refractivity contribution in [2.75, 3.05) is 45.9 Å². The van der Waals surface area contributed by atoms with Crippen molar-refractivity contribution < 1.29 is 38.2 Å². The third-order valence-electron chi connectivity index (χ3n) is 14.6. The maximum Gasteiger partial charge on any atom is 0.306 e. The van der Waals surface area contributed by atoms with Gasteiger partial charge in [0.05, 0.1) is 0 Å². The van der Waals surface area contributed by atoms with Gasteiger partial charge in [-0.3, -0.25) is 24.0 Å². The van der Waals surface area contributed by atoms with Gasteiger partial charge in [0.25, 0.3) is 0 Å². The van der Waals surface area contributed by atoms with Crippen LogP contribution in [0.15, 0.2) is 0 Å². The van der Waals surface area contributed by atoms with Gasteiger partial charge in [-0.15, -0.1) is 11.8 Å². The fraction of sp³-hybridized carbons (Fsp3) is 0.862. The van der Waals surface area contributed by atoms with Crippen molar-refractivity contribution in [1.82, 2.24) is 15.1 Å². The normalized spacial score (nSPS) is 11.2. The van der Waals surface area contributed by atoms with Crippen LogP contribution >= 0.6 is 0 Å². The zero-order valence-corrected chi connectivity index (χ0v) is 50.5. The van der Waals surface area contributed by atoms with Crippen LogP contribution in [-0.4, -0.2) is 97.1 Å². The van der Waals surface area contributed by atoms with Crippen LogP contribution in [0.25, 0.3) is 0 Å². The average Bonchev–Trinajstić information content (AvgIpc) is 3.41. The number of carbonyl (C=O) groups excluding carboxylic acids is 5. The lowest BCUT2D eigenvalue weighted by Gasteiger charge is -2.43. The summed E-state index contributed by atoms with van der Waals surface area (Å²) in [4.78, 5) is 73.9. The first-order chi connectivity index (χ1) is 37.1. The van der Waals surface area contributed by atoms with E-state index in [0.29, 0.717) is 58.0 Å². The zero-order valence-electron chi connectivity index (χ0n) is 50.5. The molecule has 0 aliphatic heterocycles. The summed E-state index contributed by atoms with van der Waals surface area (Å²) < 4.78 is 17.4. The fourth-order valence-corrected chi connectivity index (χ4v) is 9.76. The predicted octanol–water partition coefficient (Wildman–Crippen LogP) is 15.7. The van der Waals surface area contributed by atoms with E-state index in [1.54, 1.807) is 4.90 Å². The number of amides is 2. The predicted molar refractivity (Wildman–Crippen MR) is 316 cm³/mol. The van der Waals surface area contributed by atoms with E-state index in [-0.39, 0.29) is 87.6 Å². The molecule has 11 nitrogen and oxygen atoms in total. The molecule has 0 aliphatic rings. The second kappa shape index (κ2) is 53.4. The van der Waals surface area contributed by atoms with Gasteiger partial charge in [0.15, 0.2) is 0 Å². The van der Waals surface area contributed by atoms with Crippen LogP contribution in [0.4, 0.5) is 0 Å². The summed E-state index contributed by atoms with van der Waals surface area (Å²) in [5.41, 5.74) is -1.33. The van der Waals surface area contributed by atoms with E-state index in [0.717, 1.165) is 103 Å². The third-order valence-corrected chi connectivity index (χ3v) is 14.6. The van der Waals surface area contributed by atoms with E-state index in [1.165, 1.54) is 89.9 Å². The number of hydrogen-bond acceptors (Lipinski definition) is 9. The monoisotopic (exact) mass is 1070 g/mol. The Bertz CT molecular complexity index is 1490. The summed E-state index contributed by atoms with van der Waals surface area (Å²) >= 11 is 0. The summed E-state index contributed by atoms with van der Waals surface area (Å²) in [6, 6.07) is 0. The lowest BCUT2D eigenvalue weighted by atomic mass is 9.83. The molecule has 11 heteroatoms. The number of carbonyl (C=O) groups is 5. The van der Waals surface area contributed by atoms with Crippen LogP contribution < -0.4 is 5.32 Å². The Morgan fingerprint density at radius 2 is 0.855 bits per heavy atom. The van der Waals surface area contributed by atoms with E-state index in [2.05, 4.69) is 82.4 Å². The van der Waals surface area contributed by atoms with Gasteiger partial charge in [0.2, 0.25) is 11.8 Å². The third kappa shape index (κ3) is 40.6. The first-order valence-corrected chi connectivity index (χ1v) is 31.8. The Balaban J connectivity index is 6.49. The average molecular weight is 1070 g/mol. The van der Waals surface area contributed by atoms with Gasteiger partial charge in [-0.25, -0.2) is 0 Å². The maximum absolute atomic E-state index is 14.9. The minimum atomic E-state index is -1.33. The molecule has 0 heterocycles. The first kappa shape index (κ1) is 72.4. The molecule has 0 saturated carbocycles. The summed E-state index contributed by atoms with van der Waals surface area (Å²) in [6.07, 6.45) is 33.8. The van der Waals surface area contributed by atoms with Gasteiger partial charge < -0.3 is 29.3 Å². The van der Waals surface area contributed by atoms with E-state index in [4.69, 9.17) is 14.2 Å².